The number of halogens is 1. The van der Waals surface area contributed by atoms with Crippen molar-refractivity contribution in [2.75, 3.05) is 25.1 Å². The Labute approximate surface area is 129 Å². The minimum Gasteiger partial charge on any atom is -0.395 e. The van der Waals surface area contributed by atoms with Crippen molar-refractivity contribution in [2.24, 2.45) is 5.92 Å². The van der Waals surface area contributed by atoms with Crippen LogP contribution in [0.4, 0.5) is 5.69 Å². The molecule has 0 spiro atoms. The van der Waals surface area contributed by atoms with Gasteiger partial charge < -0.3 is 15.2 Å². The van der Waals surface area contributed by atoms with Crippen LogP contribution >= 0.6 is 11.6 Å². The first-order valence-corrected chi connectivity index (χ1v) is 7.36. The van der Waals surface area contributed by atoms with E-state index in [0.717, 1.165) is 18.4 Å². The zero-order valence-electron chi connectivity index (χ0n) is 11.7. The van der Waals surface area contributed by atoms with Crippen LogP contribution in [0.3, 0.4) is 0 Å². The number of hydrogen-bond acceptors (Lipinski definition) is 3. The number of benzene rings is 1. The fourth-order valence-corrected chi connectivity index (χ4v) is 2.28. The van der Waals surface area contributed by atoms with E-state index in [-0.39, 0.29) is 18.4 Å². The minimum absolute atomic E-state index is 0.0272. The molecule has 1 saturated heterocycles. The number of nitrogens with one attached hydrogen (secondary N) is 1. The molecule has 1 amide bonds. The van der Waals surface area contributed by atoms with E-state index in [9.17, 15) is 4.79 Å². The average Bonchev–Trinajstić information content (AvgIpc) is 2.51. The molecule has 4 nitrogen and oxygen atoms in total. The fraction of sp³-hybridized carbons (Fsp3) is 0.438. The van der Waals surface area contributed by atoms with Crippen molar-refractivity contribution in [1.29, 1.82) is 0 Å². The average molecular weight is 308 g/mol. The maximum atomic E-state index is 12.2. The van der Waals surface area contributed by atoms with Gasteiger partial charge in [-0.3, -0.25) is 4.79 Å². The van der Waals surface area contributed by atoms with Gasteiger partial charge in [0.05, 0.1) is 17.3 Å². The maximum absolute atomic E-state index is 12.2. The smallest absolute Gasteiger partial charge is 0.227 e. The van der Waals surface area contributed by atoms with Crippen LogP contribution in [0.1, 0.15) is 24.8 Å². The number of amides is 1. The molecule has 5 heteroatoms. The highest BCUT2D eigenvalue weighted by Gasteiger charge is 2.22. The van der Waals surface area contributed by atoms with Gasteiger partial charge in [-0.15, -0.1) is 0 Å². The summed E-state index contributed by atoms with van der Waals surface area (Å²) in [7, 11) is 0. The highest BCUT2D eigenvalue weighted by atomic mass is 35.5. The maximum Gasteiger partial charge on any atom is 0.227 e. The molecule has 1 aromatic rings. The van der Waals surface area contributed by atoms with Gasteiger partial charge in [0.15, 0.2) is 0 Å². The number of rotatable bonds is 3. The summed E-state index contributed by atoms with van der Waals surface area (Å²) >= 11 is 6.11. The number of aliphatic hydroxyl groups excluding tert-OH is 1. The van der Waals surface area contributed by atoms with Crippen LogP contribution in [-0.2, 0) is 9.53 Å². The summed E-state index contributed by atoms with van der Waals surface area (Å²) < 4.78 is 5.25. The molecule has 0 bridgehead atoms. The largest absolute Gasteiger partial charge is 0.395 e. The number of anilines is 1. The molecule has 0 atom stereocenters. The Kier molecular flexibility index (Phi) is 6.06. The van der Waals surface area contributed by atoms with E-state index >= 15 is 0 Å². The van der Waals surface area contributed by atoms with E-state index < -0.39 is 0 Å². The van der Waals surface area contributed by atoms with Gasteiger partial charge in [-0.2, -0.15) is 0 Å². The Morgan fingerprint density at radius 3 is 2.90 bits per heavy atom. The van der Waals surface area contributed by atoms with Crippen molar-refractivity contribution in [2.45, 2.75) is 19.3 Å². The van der Waals surface area contributed by atoms with Crippen molar-refractivity contribution in [3.05, 3.63) is 28.8 Å². The van der Waals surface area contributed by atoms with E-state index in [1.807, 2.05) is 0 Å². The quantitative estimate of drug-likeness (QED) is 0.843. The third kappa shape index (κ3) is 4.75. The zero-order chi connectivity index (χ0) is 15.1. The summed E-state index contributed by atoms with van der Waals surface area (Å²) in [6.45, 7) is 1.28. The molecular weight excluding hydrogens is 290 g/mol. The summed E-state index contributed by atoms with van der Waals surface area (Å²) in [5, 5.41) is 12.1. The first-order chi connectivity index (χ1) is 10.2. The van der Waals surface area contributed by atoms with E-state index in [0.29, 0.717) is 30.3 Å². The Hall–Kier alpha value is -1.54. The van der Waals surface area contributed by atoms with Crippen molar-refractivity contribution in [3.63, 3.8) is 0 Å². The lowest BCUT2D eigenvalue weighted by Gasteiger charge is -2.21. The van der Waals surface area contributed by atoms with Gasteiger partial charge in [-0.25, -0.2) is 0 Å². The summed E-state index contributed by atoms with van der Waals surface area (Å²) in [6, 6.07) is 5.25. The number of hydrogen-bond donors (Lipinski definition) is 2. The lowest BCUT2D eigenvalue weighted by Crippen LogP contribution is -2.28. The SMILES string of the molecule is O=C(Nc1cc(C#CCCO)ccc1Cl)C1CCOCC1. The van der Waals surface area contributed by atoms with E-state index in [2.05, 4.69) is 17.2 Å². The highest BCUT2D eigenvalue weighted by molar-refractivity contribution is 6.33. The van der Waals surface area contributed by atoms with E-state index in [1.165, 1.54) is 0 Å². The Morgan fingerprint density at radius 2 is 2.19 bits per heavy atom. The molecule has 0 aliphatic carbocycles. The van der Waals surface area contributed by atoms with Gasteiger partial charge >= 0.3 is 0 Å². The molecule has 2 N–H and O–H groups in total. The lowest BCUT2D eigenvalue weighted by atomic mass is 9.99. The second-order valence-corrected chi connectivity index (χ2v) is 5.25. The number of carbonyl (C=O) groups is 1. The van der Waals surface area contributed by atoms with Crippen LogP contribution in [0.2, 0.25) is 5.02 Å². The molecule has 0 radical (unpaired) electrons. The van der Waals surface area contributed by atoms with Gasteiger partial charge in [0.25, 0.3) is 0 Å². The predicted octanol–water partition coefficient (Wildman–Crippen LogP) is 2.44. The molecule has 1 aromatic carbocycles. The molecule has 1 aliphatic heterocycles. The second kappa shape index (κ2) is 8.04. The van der Waals surface area contributed by atoms with Crippen LogP contribution in [0, 0.1) is 17.8 Å². The molecule has 1 heterocycles. The summed E-state index contributed by atoms with van der Waals surface area (Å²) in [5.74, 6) is 5.71. The van der Waals surface area contributed by atoms with Crippen molar-refractivity contribution in [3.8, 4) is 11.8 Å². The van der Waals surface area contributed by atoms with Gasteiger partial charge in [-0.1, -0.05) is 23.4 Å². The Bertz CT molecular complexity index is 556. The van der Waals surface area contributed by atoms with Crippen LogP contribution in [0.15, 0.2) is 18.2 Å². The summed E-state index contributed by atoms with van der Waals surface area (Å²) in [6.07, 6.45) is 1.89. The predicted molar refractivity (Wildman–Crippen MR) is 82.2 cm³/mol. The molecule has 21 heavy (non-hydrogen) atoms. The molecule has 1 aliphatic rings. The first kappa shape index (κ1) is 15.8. The molecule has 0 saturated carbocycles. The molecule has 2 rings (SSSR count). The Balaban J connectivity index is 2.06. The van der Waals surface area contributed by atoms with E-state index in [4.69, 9.17) is 21.4 Å². The van der Waals surface area contributed by atoms with Crippen molar-refractivity contribution < 1.29 is 14.6 Å². The monoisotopic (exact) mass is 307 g/mol. The van der Waals surface area contributed by atoms with Gasteiger partial charge in [0.2, 0.25) is 5.91 Å². The highest BCUT2D eigenvalue weighted by Crippen LogP contribution is 2.25. The minimum atomic E-state index is -0.0288. The normalized spacial score (nSPS) is 15.1. The fourth-order valence-electron chi connectivity index (χ4n) is 2.11. The molecule has 0 aromatic heterocycles. The first-order valence-electron chi connectivity index (χ1n) is 6.98. The van der Waals surface area contributed by atoms with Gasteiger partial charge in [0.1, 0.15) is 0 Å². The van der Waals surface area contributed by atoms with Crippen molar-refractivity contribution in [1.82, 2.24) is 0 Å². The molecule has 112 valence electrons. The van der Waals surface area contributed by atoms with Crippen LogP contribution in [0.5, 0.6) is 0 Å². The van der Waals surface area contributed by atoms with E-state index in [1.54, 1.807) is 18.2 Å². The summed E-state index contributed by atoms with van der Waals surface area (Å²) in [4.78, 5) is 12.2. The van der Waals surface area contributed by atoms with Gasteiger partial charge in [0, 0.05) is 31.1 Å². The lowest BCUT2D eigenvalue weighted by molar-refractivity contribution is -0.122. The molecular formula is C16H18ClNO3. The molecule has 0 unspecified atom stereocenters. The zero-order valence-corrected chi connectivity index (χ0v) is 12.4. The standard InChI is InChI=1S/C16H18ClNO3/c17-14-5-4-12(3-1-2-8-19)11-15(14)18-16(20)13-6-9-21-10-7-13/h4-5,11,13,19H,2,6-10H2,(H,18,20). The number of aliphatic hydroxyl groups is 1. The number of carbonyl (C=O) groups excluding carboxylic acids is 1. The molecule has 1 fully saturated rings. The van der Waals surface area contributed by atoms with Gasteiger partial charge in [-0.05, 0) is 31.0 Å². The topological polar surface area (TPSA) is 58.6 Å². The van der Waals surface area contributed by atoms with Crippen LogP contribution < -0.4 is 5.32 Å². The third-order valence-electron chi connectivity index (χ3n) is 3.29. The summed E-state index contributed by atoms with van der Waals surface area (Å²) in [5.41, 5.74) is 1.33. The van der Waals surface area contributed by atoms with Crippen molar-refractivity contribution >= 4 is 23.2 Å². The van der Waals surface area contributed by atoms with Crippen LogP contribution in [-0.4, -0.2) is 30.8 Å². The number of ether oxygens (including phenoxy) is 1. The van der Waals surface area contributed by atoms with Crippen LogP contribution in [0.25, 0.3) is 0 Å². The Morgan fingerprint density at radius 1 is 1.43 bits per heavy atom. The second-order valence-electron chi connectivity index (χ2n) is 4.85. The third-order valence-corrected chi connectivity index (χ3v) is 3.62.